The number of carbonyl (C=O) groups is 1. The van der Waals surface area contributed by atoms with Crippen LogP contribution in [0.5, 0.6) is 5.75 Å². The fourth-order valence-electron chi connectivity index (χ4n) is 3.23. The van der Waals surface area contributed by atoms with E-state index in [1.165, 1.54) is 13.2 Å². The minimum Gasteiger partial charge on any atom is -0.494 e. The molecule has 5 nitrogen and oxygen atoms in total. The number of methoxy groups -OCH3 is 1. The SMILES string of the molecule is COc1ccc(CN(C)C(=O)CN2CCCC2CC(C)O)cc1F. The van der Waals surface area contributed by atoms with Gasteiger partial charge in [0.05, 0.1) is 19.8 Å². The number of benzene rings is 1. The second kappa shape index (κ2) is 8.44. The van der Waals surface area contributed by atoms with Crippen LogP contribution in [-0.4, -0.2) is 60.2 Å². The van der Waals surface area contributed by atoms with Crippen molar-refractivity contribution < 1.29 is 19.0 Å². The summed E-state index contributed by atoms with van der Waals surface area (Å²) in [6.45, 7) is 3.36. The lowest BCUT2D eigenvalue weighted by Crippen LogP contribution is -2.41. The third-order valence-corrected chi connectivity index (χ3v) is 4.51. The molecule has 1 aliphatic rings. The quantitative estimate of drug-likeness (QED) is 0.826. The fraction of sp³-hybridized carbons (Fsp3) is 0.611. The van der Waals surface area contributed by atoms with Gasteiger partial charge in [-0.2, -0.15) is 0 Å². The highest BCUT2D eigenvalue weighted by Crippen LogP contribution is 2.22. The normalized spacial score (nSPS) is 19.3. The molecule has 0 aromatic heterocycles. The van der Waals surface area contributed by atoms with Gasteiger partial charge < -0.3 is 14.7 Å². The van der Waals surface area contributed by atoms with Crippen molar-refractivity contribution in [1.29, 1.82) is 0 Å². The Hall–Kier alpha value is -1.66. The lowest BCUT2D eigenvalue weighted by Gasteiger charge is -2.27. The number of ether oxygens (including phenoxy) is 1. The van der Waals surface area contributed by atoms with E-state index in [0.29, 0.717) is 19.5 Å². The van der Waals surface area contributed by atoms with E-state index in [-0.39, 0.29) is 23.8 Å². The van der Waals surface area contributed by atoms with E-state index in [1.807, 2.05) is 0 Å². The predicted molar refractivity (Wildman–Crippen MR) is 90.3 cm³/mol. The molecule has 1 N–H and O–H groups in total. The van der Waals surface area contributed by atoms with Crippen LogP contribution in [0, 0.1) is 5.82 Å². The van der Waals surface area contributed by atoms with Crippen LogP contribution >= 0.6 is 0 Å². The van der Waals surface area contributed by atoms with Gasteiger partial charge in [-0.3, -0.25) is 9.69 Å². The molecule has 1 fully saturated rings. The number of hydrogen-bond acceptors (Lipinski definition) is 4. The second-order valence-corrected chi connectivity index (χ2v) is 6.57. The molecule has 2 unspecified atom stereocenters. The Labute approximate surface area is 143 Å². The number of likely N-dealkylation sites (tertiary alicyclic amines) is 1. The molecule has 0 saturated carbocycles. The minimum atomic E-state index is -0.424. The van der Waals surface area contributed by atoms with E-state index in [9.17, 15) is 14.3 Å². The number of halogens is 1. The van der Waals surface area contributed by atoms with Gasteiger partial charge in [-0.15, -0.1) is 0 Å². The summed E-state index contributed by atoms with van der Waals surface area (Å²) < 4.78 is 18.6. The van der Waals surface area contributed by atoms with Gasteiger partial charge in [0.1, 0.15) is 0 Å². The van der Waals surface area contributed by atoms with Crippen molar-refractivity contribution in [3.05, 3.63) is 29.6 Å². The fourth-order valence-corrected chi connectivity index (χ4v) is 3.23. The highest BCUT2D eigenvalue weighted by molar-refractivity contribution is 5.78. The summed E-state index contributed by atoms with van der Waals surface area (Å²) >= 11 is 0. The van der Waals surface area contributed by atoms with E-state index in [2.05, 4.69) is 4.90 Å². The number of hydrogen-bond donors (Lipinski definition) is 1. The maximum atomic E-state index is 13.7. The van der Waals surface area contributed by atoms with Crippen molar-refractivity contribution >= 4 is 5.91 Å². The molecule has 1 aromatic carbocycles. The zero-order chi connectivity index (χ0) is 17.7. The Bertz CT molecular complexity index is 565. The Kier molecular flexibility index (Phi) is 6.57. The monoisotopic (exact) mass is 338 g/mol. The van der Waals surface area contributed by atoms with E-state index < -0.39 is 5.82 Å². The maximum absolute atomic E-state index is 13.7. The summed E-state index contributed by atoms with van der Waals surface area (Å²) in [7, 11) is 3.15. The van der Waals surface area contributed by atoms with E-state index in [1.54, 1.807) is 31.0 Å². The Balaban J connectivity index is 1.91. The molecule has 0 radical (unpaired) electrons. The molecule has 1 aromatic rings. The number of carbonyl (C=O) groups excluding carboxylic acids is 1. The third-order valence-electron chi connectivity index (χ3n) is 4.51. The first kappa shape index (κ1) is 18.7. The molecule has 0 bridgehead atoms. The average Bonchev–Trinajstić information content (AvgIpc) is 2.93. The van der Waals surface area contributed by atoms with Crippen LogP contribution in [-0.2, 0) is 11.3 Å². The van der Waals surface area contributed by atoms with Crippen LogP contribution in [0.3, 0.4) is 0 Å². The highest BCUT2D eigenvalue weighted by atomic mass is 19.1. The number of aliphatic hydroxyl groups excluding tert-OH is 1. The molecule has 0 aliphatic carbocycles. The summed E-state index contributed by atoms with van der Waals surface area (Å²) in [6, 6.07) is 5.00. The zero-order valence-electron chi connectivity index (χ0n) is 14.7. The van der Waals surface area contributed by atoms with Gasteiger partial charge in [-0.1, -0.05) is 6.07 Å². The number of nitrogens with zero attached hydrogens (tertiary/aromatic N) is 2. The Morgan fingerprint density at radius 2 is 2.29 bits per heavy atom. The second-order valence-electron chi connectivity index (χ2n) is 6.57. The largest absolute Gasteiger partial charge is 0.494 e. The van der Waals surface area contributed by atoms with E-state index >= 15 is 0 Å². The van der Waals surface area contributed by atoms with Crippen molar-refractivity contribution in [2.75, 3.05) is 27.2 Å². The number of amides is 1. The molecule has 134 valence electrons. The van der Waals surface area contributed by atoms with Gasteiger partial charge in [0.25, 0.3) is 0 Å². The molecule has 2 atom stereocenters. The smallest absolute Gasteiger partial charge is 0.236 e. The molecule has 6 heteroatoms. The lowest BCUT2D eigenvalue weighted by molar-refractivity contribution is -0.132. The molecule has 1 amide bonds. The lowest BCUT2D eigenvalue weighted by atomic mass is 10.1. The van der Waals surface area contributed by atoms with Crippen molar-refractivity contribution in [3.63, 3.8) is 0 Å². The summed E-state index contributed by atoms with van der Waals surface area (Å²) in [6.07, 6.45) is 2.41. The maximum Gasteiger partial charge on any atom is 0.236 e. The van der Waals surface area contributed by atoms with Crippen LogP contribution in [0.15, 0.2) is 18.2 Å². The first-order valence-electron chi connectivity index (χ1n) is 8.39. The van der Waals surface area contributed by atoms with E-state index in [4.69, 9.17) is 4.74 Å². The van der Waals surface area contributed by atoms with Gasteiger partial charge in [-0.05, 0) is 50.4 Å². The molecule has 24 heavy (non-hydrogen) atoms. The third kappa shape index (κ3) is 4.92. The van der Waals surface area contributed by atoms with Gasteiger partial charge in [0.2, 0.25) is 5.91 Å². The Morgan fingerprint density at radius 1 is 1.54 bits per heavy atom. The van der Waals surface area contributed by atoms with Crippen molar-refractivity contribution in [1.82, 2.24) is 9.80 Å². The van der Waals surface area contributed by atoms with Crippen molar-refractivity contribution in [2.24, 2.45) is 0 Å². The van der Waals surface area contributed by atoms with Gasteiger partial charge in [0.15, 0.2) is 11.6 Å². The highest BCUT2D eigenvalue weighted by Gasteiger charge is 2.28. The number of rotatable bonds is 7. The standard InChI is InChI=1S/C18H27FN2O3/c1-13(22)9-15-5-4-8-21(15)12-18(23)20(2)11-14-6-7-17(24-3)16(19)10-14/h6-7,10,13,15,22H,4-5,8-9,11-12H2,1-3H3. The Morgan fingerprint density at radius 3 is 2.92 bits per heavy atom. The molecule has 2 rings (SSSR count). The summed E-state index contributed by atoms with van der Waals surface area (Å²) in [4.78, 5) is 16.2. The summed E-state index contributed by atoms with van der Waals surface area (Å²) in [5.74, 6) is -0.220. The molecule has 1 saturated heterocycles. The van der Waals surface area contributed by atoms with Gasteiger partial charge in [-0.25, -0.2) is 4.39 Å². The number of aliphatic hydroxyl groups is 1. The topological polar surface area (TPSA) is 53.0 Å². The molecule has 1 aliphatic heterocycles. The van der Waals surface area contributed by atoms with Gasteiger partial charge >= 0.3 is 0 Å². The van der Waals surface area contributed by atoms with E-state index in [0.717, 1.165) is 24.9 Å². The van der Waals surface area contributed by atoms with Crippen molar-refractivity contribution in [3.8, 4) is 5.75 Å². The molecular weight excluding hydrogens is 311 g/mol. The summed E-state index contributed by atoms with van der Waals surface area (Å²) in [5, 5.41) is 9.57. The average molecular weight is 338 g/mol. The first-order chi connectivity index (χ1) is 11.4. The van der Waals surface area contributed by atoms with Crippen LogP contribution in [0.1, 0.15) is 31.7 Å². The van der Waals surface area contributed by atoms with Crippen LogP contribution in [0.2, 0.25) is 0 Å². The zero-order valence-corrected chi connectivity index (χ0v) is 14.7. The number of likely N-dealkylation sites (N-methyl/N-ethyl adjacent to an activating group) is 1. The van der Waals surface area contributed by atoms with Crippen LogP contribution in [0.25, 0.3) is 0 Å². The minimum absolute atomic E-state index is 0.00344. The first-order valence-corrected chi connectivity index (χ1v) is 8.39. The molecular formula is C18H27FN2O3. The summed E-state index contributed by atoms with van der Waals surface area (Å²) in [5.41, 5.74) is 0.728. The van der Waals surface area contributed by atoms with Crippen molar-refractivity contribution in [2.45, 2.75) is 44.9 Å². The molecule has 1 heterocycles. The van der Waals surface area contributed by atoms with Gasteiger partial charge in [0, 0.05) is 19.6 Å². The van der Waals surface area contributed by atoms with Crippen LogP contribution < -0.4 is 4.74 Å². The predicted octanol–water partition coefficient (Wildman–Crippen LogP) is 2.03. The van der Waals surface area contributed by atoms with Crippen LogP contribution in [0.4, 0.5) is 4.39 Å². The molecule has 0 spiro atoms.